The molecule has 0 radical (unpaired) electrons. The van der Waals surface area contributed by atoms with Crippen LogP contribution in [0, 0.1) is 6.92 Å². The van der Waals surface area contributed by atoms with Gasteiger partial charge in [-0.25, -0.2) is 4.98 Å². The van der Waals surface area contributed by atoms with E-state index in [-0.39, 0.29) is 5.91 Å². The fraction of sp³-hybridized carbons (Fsp3) is 0.250. The second-order valence-electron chi connectivity index (χ2n) is 4.92. The molecule has 1 N–H and O–H groups in total. The van der Waals surface area contributed by atoms with Gasteiger partial charge in [0.2, 0.25) is 5.91 Å². The Labute approximate surface area is 129 Å². The van der Waals surface area contributed by atoms with Crippen LogP contribution in [0.4, 0.5) is 5.69 Å². The van der Waals surface area contributed by atoms with Crippen LogP contribution in [-0.4, -0.2) is 25.0 Å². The summed E-state index contributed by atoms with van der Waals surface area (Å²) in [6.07, 6.45) is 3.35. The number of aromatic nitrogens is 1. The lowest BCUT2D eigenvalue weighted by molar-refractivity contribution is -0.116. The predicted molar refractivity (Wildman–Crippen MR) is 88.5 cm³/mol. The van der Waals surface area contributed by atoms with Crippen LogP contribution >= 0.6 is 11.3 Å². The highest BCUT2D eigenvalue weighted by molar-refractivity contribution is 7.09. The summed E-state index contributed by atoms with van der Waals surface area (Å²) in [5.74, 6) is -0.112. The molecule has 1 amide bonds. The van der Waals surface area contributed by atoms with Crippen LogP contribution in [0.2, 0.25) is 0 Å². The van der Waals surface area contributed by atoms with Gasteiger partial charge in [-0.2, -0.15) is 0 Å². The van der Waals surface area contributed by atoms with E-state index in [1.54, 1.807) is 17.4 Å². The Kier molecular flexibility index (Phi) is 5.11. The zero-order valence-electron chi connectivity index (χ0n) is 12.5. The number of anilines is 1. The molecule has 0 aliphatic carbocycles. The second-order valence-corrected chi connectivity index (χ2v) is 5.86. The molecule has 2 aromatic rings. The molecule has 0 aliphatic rings. The van der Waals surface area contributed by atoms with E-state index in [0.29, 0.717) is 6.54 Å². The maximum atomic E-state index is 11.7. The molecule has 0 bridgehead atoms. The van der Waals surface area contributed by atoms with Crippen molar-refractivity contribution in [2.45, 2.75) is 13.5 Å². The van der Waals surface area contributed by atoms with Gasteiger partial charge in [-0.15, -0.1) is 11.3 Å². The summed E-state index contributed by atoms with van der Waals surface area (Å²) in [7, 11) is 4.00. The van der Waals surface area contributed by atoms with Crippen LogP contribution in [0.5, 0.6) is 0 Å². The Bertz CT molecular complexity index is 629. The quantitative estimate of drug-likeness (QED) is 0.864. The largest absolute Gasteiger partial charge is 0.378 e. The highest BCUT2D eigenvalue weighted by Crippen LogP contribution is 2.13. The number of carbonyl (C=O) groups excluding carboxylic acids is 1. The lowest BCUT2D eigenvalue weighted by Crippen LogP contribution is -2.20. The normalized spacial score (nSPS) is 10.8. The Hall–Kier alpha value is -2.14. The molecule has 0 fully saturated rings. The number of benzene rings is 1. The molecule has 0 atom stereocenters. The summed E-state index contributed by atoms with van der Waals surface area (Å²) in [4.78, 5) is 18.1. The van der Waals surface area contributed by atoms with Gasteiger partial charge in [-0.05, 0) is 30.7 Å². The predicted octanol–water partition coefficient (Wildman–Crippen LogP) is 2.85. The lowest BCUT2D eigenvalue weighted by Gasteiger charge is -2.11. The van der Waals surface area contributed by atoms with Crippen molar-refractivity contribution in [3.8, 4) is 0 Å². The van der Waals surface area contributed by atoms with E-state index in [1.165, 1.54) is 0 Å². The van der Waals surface area contributed by atoms with Gasteiger partial charge in [0.15, 0.2) is 0 Å². The third-order valence-corrected chi connectivity index (χ3v) is 3.88. The number of aryl methyl sites for hydroxylation is 1. The molecule has 0 spiro atoms. The minimum absolute atomic E-state index is 0.112. The number of rotatable bonds is 5. The first kappa shape index (κ1) is 15.3. The first-order valence-electron chi connectivity index (χ1n) is 6.69. The SMILES string of the molecule is Cc1csc(CNC(=O)/C=C/c2ccc(N(C)C)cc2)n1. The Morgan fingerprint density at radius 3 is 2.62 bits per heavy atom. The molecular formula is C16H19N3OS. The Balaban J connectivity index is 1.86. The van der Waals surface area contributed by atoms with Crippen molar-refractivity contribution in [1.82, 2.24) is 10.3 Å². The fourth-order valence-electron chi connectivity index (χ4n) is 1.76. The monoisotopic (exact) mass is 301 g/mol. The average molecular weight is 301 g/mol. The maximum Gasteiger partial charge on any atom is 0.244 e. The summed E-state index contributed by atoms with van der Waals surface area (Å²) in [6, 6.07) is 8.03. The standard InChI is InChI=1S/C16H19N3OS/c1-12-11-21-16(18-12)10-17-15(20)9-6-13-4-7-14(8-5-13)19(2)3/h4-9,11H,10H2,1-3H3,(H,17,20)/b9-6+. The molecular weight excluding hydrogens is 282 g/mol. The van der Waals surface area contributed by atoms with Crippen molar-refractivity contribution in [3.05, 3.63) is 52.0 Å². The van der Waals surface area contributed by atoms with Crippen molar-refractivity contribution >= 4 is 29.0 Å². The number of hydrogen-bond donors (Lipinski definition) is 1. The number of thiazole rings is 1. The van der Waals surface area contributed by atoms with Crippen LogP contribution in [0.15, 0.2) is 35.7 Å². The van der Waals surface area contributed by atoms with E-state index in [4.69, 9.17) is 0 Å². The third kappa shape index (κ3) is 4.72. The Morgan fingerprint density at radius 2 is 2.05 bits per heavy atom. The minimum Gasteiger partial charge on any atom is -0.378 e. The molecule has 0 unspecified atom stereocenters. The summed E-state index contributed by atoms with van der Waals surface area (Å²) >= 11 is 1.56. The van der Waals surface area contributed by atoms with Gasteiger partial charge in [-0.3, -0.25) is 4.79 Å². The highest BCUT2D eigenvalue weighted by atomic mass is 32.1. The van der Waals surface area contributed by atoms with Crippen LogP contribution in [0.1, 0.15) is 16.3 Å². The van der Waals surface area contributed by atoms with Gasteiger partial charge in [0.05, 0.1) is 6.54 Å². The molecule has 21 heavy (non-hydrogen) atoms. The summed E-state index contributed by atoms with van der Waals surface area (Å²) < 4.78 is 0. The van der Waals surface area contributed by atoms with Crippen LogP contribution in [0.25, 0.3) is 6.08 Å². The van der Waals surface area contributed by atoms with Crippen LogP contribution < -0.4 is 10.2 Å². The molecule has 0 saturated heterocycles. The zero-order valence-corrected chi connectivity index (χ0v) is 13.3. The number of carbonyl (C=O) groups is 1. The lowest BCUT2D eigenvalue weighted by atomic mass is 10.2. The Morgan fingerprint density at radius 1 is 1.33 bits per heavy atom. The smallest absolute Gasteiger partial charge is 0.244 e. The van der Waals surface area contributed by atoms with Crippen molar-refractivity contribution in [1.29, 1.82) is 0 Å². The van der Waals surface area contributed by atoms with Gasteiger partial charge in [-0.1, -0.05) is 12.1 Å². The summed E-state index contributed by atoms with van der Waals surface area (Å²) in [6.45, 7) is 2.42. The molecule has 4 nitrogen and oxygen atoms in total. The molecule has 110 valence electrons. The van der Waals surface area contributed by atoms with E-state index in [1.807, 2.05) is 61.6 Å². The first-order valence-corrected chi connectivity index (χ1v) is 7.57. The molecule has 5 heteroatoms. The first-order chi connectivity index (χ1) is 10.0. The zero-order chi connectivity index (χ0) is 15.2. The fourth-order valence-corrected chi connectivity index (χ4v) is 2.47. The van der Waals surface area contributed by atoms with E-state index >= 15 is 0 Å². The molecule has 1 aromatic heterocycles. The summed E-state index contributed by atoms with van der Waals surface area (Å²) in [5, 5.41) is 5.72. The maximum absolute atomic E-state index is 11.7. The van der Waals surface area contributed by atoms with E-state index in [9.17, 15) is 4.79 Å². The van der Waals surface area contributed by atoms with Crippen LogP contribution in [-0.2, 0) is 11.3 Å². The van der Waals surface area contributed by atoms with Gasteiger partial charge >= 0.3 is 0 Å². The molecule has 0 aliphatic heterocycles. The van der Waals surface area contributed by atoms with Gasteiger partial charge in [0.25, 0.3) is 0 Å². The van der Waals surface area contributed by atoms with Crippen molar-refractivity contribution < 1.29 is 4.79 Å². The van der Waals surface area contributed by atoms with Crippen molar-refractivity contribution in [2.24, 2.45) is 0 Å². The van der Waals surface area contributed by atoms with Crippen LogP contribution in [0.3, 0.4) is 0 Å². The van der Waals surface area contributed by atoms with Crippen molar-refractivity contribution in [3.63, 3.8) is 0 Å². The highest BCUT2D eigenvalue weighted by Gasteiger charge is 2.00. The minimum atomic E-state index is -0.112. The second kappa shape index (κ2) is 7.04. The van der Waals surface area contributed by atoms with E-state index in [2.05, 4.69) is 10.3 Å². The number of nitrogens with one attached hydrogen (secondary N) is 1. The topological polar surface area (TPSA) is 45.2 Å². The van der Waals surface area contributed by atoms with Gasteiger partial charge in [0, 0.05) is 36.9 Å². The molecule has 1 heterocycles. The number of nitrogens with zero attached hydrogens (tertiary/aromatic N) is 2. The van der Waals surface area contributed by atoms with Gasteiger partial charge < -0.3 is 10.2 Å². The van der Waals surface area contributed by atoms with E-state index in [0.717, 1.165) is 22.0 Å². The molecule has 0 saturated carbocycles. The molecule has 2 rings (SSSR count). The molecule has 1 aromatic carbocycles. The third-order valence-electron chi connectivity index (χ3n) is 2.92. The van der Waals surface area contributed by atoms with Gasteiger partial charge in [0.1, 0.15) is 5.01 Å². The van der Waals surface area contributed by atoms with E-state index < -0.39 is 0 Å². The summed E-state index contributed by atoms with van der Waals surface area (Å²) in [5.41, 5.74) is 3.12. The average Bonchev–Trinajstić information content (AvgIpc) is 2.89. The number of amides is 1. The van der Waals surface area contributed by atoms with Crippen molar-refractivity contribution in [2.75, 3.05) is 19.0 Å². The number of hydrogen-bond acceptors (Lipinski definition) is 4.